The van der Waals surface area contributed by atoms with Gasteiger partial charge >= 0.3 is 0 Å². The molecule has 4 rings (SSSR count). The Labute approximate surface area is 124 Å². The van der Waals surface area contributed by atoms with Crippen LogP contribution in [0.15, 0.2) is 0 Å². The van der Waals surface area contributed by atoms with Gasteiger partial charge in [0.15, 0.2) is 5.82 Å². The molecule has 21 heavy (non-hydrogen) atoms. The van der Waals surface area contributed by atoms with Crippen molar-refractivity contribution in [2.75, 3.05) is 6.54 Å². The zero-order chi connectivity index (χ0) is 14.4. The molecule has 0 spiro atoms. The van der Waals surface area contributed by atoms with E-state index in [0.29, 0.717) is 24.8 Å². The number of fused-ring (bicyclic) bond motifs is 1. The summed E-state index contributed by atoms with van der Waals surface area (Å²) in [7, 11) is 0. The van der Waals surface area contributed by atoms with E-state index in [1.54, 1.807) is 0 Å². The van der Waals surface area contributed by atoms with Gasteiger partial charge in [-0.1, -0.05) is 6.42 Å². The van der Waals surface area contributed by atoms with Crippen molar-refractivity contribution in [1.29, 1.82) is 0 Å². The number of hydrogen-bond acceptors (Lipinski definition) is 4. The maximum Gasteiger partial charge on any atom is 0.223 e. The van der Waals surface area contributed by atoms with Gasteiger partial charge in [-0.05, 0) is 31.6 Å². The first-order valence-corrected chi connectivity index (χ1v) is 8.17. The number of aromatic nitrogens is 3. The summed E-state index contributed by atoms with van der Waals surface area (Å²) >= 11 is 0. The van der Waals surface area contributed by atoms with E-state index in [2.05, 4.69) is 14.8 Å². The van der Waals surface area contributed by atoms with Crippen LogP contribution in [-0.2, 0) is 17.9 Å². The molecule has 0 saturated heterocycles. The highest BCUT2D eigenvalue weighted by Gasteiger charge is 2.34. The molecule has 1 aromatic rings. The first-order valence-electron chi connectivity index (χ1n) is 8.17. The van der Waals surface area contributed by atoms with Crippen molar-refractivity contribution < 1.29 is 4.79 Å². The van der Waals surface area contributed by atoms with E-state index < -0.39 is 0 Å². The molecule has 2 aliphatic carbocycles. The van der Waals surface area contributed by atoms with Gasteiger partial charge in [0.05, 0.1) is 6.54 Å². The molecule has 114 valence electrons. The summed E-state index contributed by atoms with van der Waals surface area (Å²) in [5.41, 5.74) is 6.08. The van der Waals surface area contributed by atoms with Crippen LogP contribution in [0.3, 0.4) is 0 Å². The average molecular weight is 289 g/mol. The van der Waals surface area contributed by atoms with Gasteiger partial charge in [-0.25, -0.2) is 0 Å². The number of amides is 1. The quantitative estimate of drug-likeness (QED) is 0.901. The largest absolute Gasteiger partial charge is 0.333 e. The fourth-order valence-corrected chi connectivity index (χ4v) is 3.71. The molecule has 0 radical (unpaired) electrons. The van der Waals surface area contributed by atoms with Crippen molar-refractivity contribution in [3.05, 3.63) is 11.6 Å². The van der Waals surface area contributed by atoms with E-state index in [1.165, 1.54) is 12.8 Å². The molecular weight excluding hydrogens is 266 g/mol. The smallest absolute Gasteiger partial charge is 0.223 e. The molecule has 2 N–H and O–H groups in total. The maximum atomic E-state index is 12.5. The molecular formula is C15H23N5O. The Morgan fingerprint density at radius 3 is 2.76 bits per heavy atom. The number of carbonyl (C=O) groups excluding carboxylic acids is 1. The molecule has 6 nitrogen and oxygen atoms in total. The molecule has 2 saturated carbocycles. The molecule has 1 aromatic heterocycles. The van der Waals surface area contributed by atoms with Gasteiger partial charge in [0, 0.05) is 31.5 Å². The Morgan fingerprint density at radius 1 is 1.19 bits per heavy atom. The summed E-state index contributed by atoms with van der Waals surface area (Å²) in [5.74, 6) is 3.31. The minimum Gasteiger partial charge on any atom is -0.333 e. The first-order chi connectivity index (χ1) is 10.2. The van der Waals surface area contributed by atoms with Crippen LogP contribution >= 0.6 is 0 Å². The van der Waals surface area contributed by atoms with Crippen LogP contribution in [-0.4, -0.2) is 38.2 Å². The van der Waals surface area contributed by atoms with Crippen molar-refractivity contribution in [2.45, 2.75) is 63.6 Å². The molecule has 2 heterocycles. The lowest BCUT2D eigenvalue weighted by Gasteiger charge is -2.29. The summed E-state index contributed by atoms with van der Waals surface area (Å²) in [6.45, 7) is 2.24. The van der Waals surface area contributed by atoms with Gasteiger partial charge in [-0.15, -0.1) is 10.2 Å². The third kappa shape index (κ3) is 2.46. The van der Waals surface area contributed by atoms with Crippen LogP contribution in [0, 0.1) is 5.92 Å². The lowest BCUT2D eigenvalue weighted by Crippen LogP contribution is -2.40. The van der Waals surface area contributed by atoms with Crippen molar-refractivity contribution in [2.24, 2.45) is 11.7 Å². The molecule has 3 aliphatic rings. The van der Waals surface area contributed by atoms with E-state index in [4.69, 9.17) is 5.73 Å². The third-order valence-corrected chi connectivity index (χ3v) is 5.23. The number of rotatable bonds is 3. The summed E-state index contributed by atoms with van der Waals surface area (Å²) in [4.78, 5) is 14.4. The number of carbonyl (C=O) groups is 1. The third-order valence-electron chi connectivity index (χ3n) is 5.23. The number of nitrogens with two attached hydrogens (primary N) is 1. The minimum absolute atomic E-state index is 0.212. The van der Waals surface area contributed by atoms with E-state index in [0.717, 1.165) is 44.0 Å². The predicted molar refractivity (Wildman–Crippen MR) is 77.3 cm³/mol. The topological polar surface area (TPSA) is 77.0 Å². The molecule has 0 aromatic carbocycles. The standard InChI is InChI=1S/C15H23N5O/c16-12-3-1-2-11(12)8-14(21)19-6-7-20-13(9-19)17-18-15(20)10-4-5-10/h10-12H,1-9,16H2/t11-,12+/m0/s1. The fourth-order valence-electron chi connectivity index (χ4n) is 3.71. The van der Waals surface area contributed by atoms with Crippen LogP contribution in [0.4, 0.5) is 0 Å². The average Bonchev–Trinajstić information content (AvgIpc) is 3.12. The Hall–Kier alpha value is -1.43. The van der Waals surface area contributed by atoms with Gasteiger partial charge in [0.25, 0.3) is 0 Å². The van der Waals surface area contributed by atoms with Crippen LogP contribution in [0.1, 0.15) is 56.1 Å². The van der Waals surface area contributed by atoms with Gasteiger partial charge in [0.1, 0.15) is 5.82 Å². The second-order valence-corrected chi connectivity index (χ2v) is 6.77. The zero-order valence-electron chi connectivity index (χ0n) is 12.4. The molecule has 0 unspecified atom stereocenters. The van der Waals surface area contributed by atoms with Crippen LogP contribution < -0.4 is 5.73 Å². The minimum atomic E-state index is 0.212. The summed E-state index contributed by atoms with van der Waals surface area (Å²) < 4.78 is 2.22. The monoisotopic (exact) mass is 289 g/mol. The second kappa shape index (κ2) is 5.09. The van der Waals surface area contributed by atoms with E-state index in [1.807, 2.05) is 4.90 Å². The summed E-state index contributed by atoms with van der Waals surface area (Å²) in [6.07, 6.45) is 6.41. The predicted octanol–water partition coefficient (Wildman–Crippen LogP) is 1.02. The van der Waals surface area contributed by atoms with E-state index in [9.17, 15) is 4.79 Å². The number of nitrogens with zero attached hydrogens (tertiary/aromatic N) is 4. The van der Waals surface area contributed by atoms with Crippen LogP contribution in [0.2, 0.25) is 0 Å². The summed E-state index contributed by atoms with van der Waals surface area (Å²) in [5, 5.41) is 8.62. The SMILES string of the molecule is N[C@@H]1CCC[C@H]1CC(=O)N1CCn2c(nnc2C2CC2)C1. The van der Waals surface area contributed by atoms with Gasteiger partial charge in [-0.2, -0.15) is 0 Å². The van der Waals surface area contributed by atoms with Gasteiger partial charge < -0.3 is 15.2 Å². The summed E-state index contributed by atoms with van der Waals surface area (Å²) in [6, 6.07) is 0.212. The normalized spacial score (nSPS) is 28.7. The van der Waals surface area contributed by atoms with Crippen molar-refractivity contribution in [3.8, 4) is 0 Å². The van der Waals surface area contributed by atoms with Crippen LogP contribution in [0.25, 0.3) is 0 Å². The highest BCUT2D eigenvalue weighted by molar-refractivity contribution is 5.76. The molecule has 1 aliphatic heterocycles. The second-order valence-electron chi connectivity index (χ2n) is 6.77. The van der Waals surface area contributed by atoms with Gasteiger partial charge in [-0.3, -0.25) is 4.79 Å². The van der Waals surface area contributed by atoms with Crippen molar-refractivity contribution >= 4 is 5.91 Å². The molecule has 0 bridgehead atoms. The van der Waals surface area contributed by atoms with Crippen molar-refractivity contribution in [1.82, 2.24) is 19.7 Å². The lowest BCUT2D eigenvalue weighted by atomic mass is 9.99. The highest BCUT2D eigenvalue weighted by atomic mass is 16.2. The van der Waals surface area contributed by atoms with Crippen molar-refractivity contribution in [3.63, 3.8) is 0 Å². The lowest BCUT2D eigenvalue weighted by molar-refractivity contribution is -0.133. The Balaban J connectivity index is 1.41. The number of hydrogen-bond donors (Lipinski definition) is 1. The van der Waals surface area contributed by atoms with Gasteiger partial charge in [0.2, 0.25) is 5.91 Å². The Kier molecular flexibility index (Phi) is 3.21. The molecule has 2 atom stereocenters. The molecule has 6 heteroatoms. The zero-order valence-corrected chi connectivity index (χ0v) is 12.4. The fraction of sp³-hybridized carbons (Fsp3) is 0.800. The molecule has 1 amide bonds. The van der Waals surface area contributed by atoms with E-state index >= 15 is 0 Å². The maximum absolute atomic E-state index is 12.5. The first kappa shape index (κ1) is 13.2. The van der Waals surface area contributed by atoms with Crippen LogP contribution in [0.5, 0.6) is 0 Å². The molecule has 2 fully saturated rings. The Bertz CT molecular complexity index is 550. The Morgan fingerprint density at radius 2 is 2.05 bits per heavy atom. The highest BCUT2D eigenvalue weighted by Crippen LogP contribution is 2.39. The van der Waals surface area contributed by atoms with E-state index in [-0.39, 0.29) is 11.9 Å².